The van der Waals surface area contributed by atoms with E-state index in [0.29, 0.717) is 28.8 Å². The molecule has 0 aliphatic carbocycles. The van der Waals surface area contributed by atoms with Crippen molar-refractivity contribution in [2.75, 3.05) is 32.8 Å². The van der Waals surface area contributed by atoms with Crippen LogP contribution >= 0.6 is 11.6 Å². The lowest BCUT2D eigenvalue weighted by Crippen LogP contribution is -2.51. The topological polar surface area (TPSA) is 66.9 Å². The largest absolute Gasteiger partial charge is 0.483 e. The summed E-state index contributed by atoms with van der Waals surface area (Å²) in [5, 5.41) is 0.675. The highest BCUT2D eigenvalue weighted by atomic mass is 35.5. The van der Waals surface area contributed by atoms with Gasteiger partial charge in [0.1, 0.15) is 5.75 Å². The zero-order valence-electron chi connectivity index (χ0n) is 19.3. The minimum atomic E-state index is -3.58. The number of hydrogen-bond acceptors (Lipinski definition) is 4. The third-order valence-electron chi connectivity index (χ3n) is 5.97. The van der Waals surface area contributed by atoms with Gasteiger partial charge in [0, 0.05) is 31.2 Å². The molecule has 1 fully saturated rings. The molecule has 6 nitrogen and oxygen atoms in total. The van der Waals surface area contributed by atoms with E-state index in [2.05, 4.69) is 0 Å². The molecule has 3 rings (SSSR count). The Morgan fingerprint density at radius 1 is 1.00 bits per heavy atom. The van der Waals surface area contributed by atoms with Crippen LogP contribution in [0.15, 0.2) is 35.2 Å². The molecule has 0 saturated carbocycles. The summed E-state index contributed by atoms with van der Waals surface area (Å²) in [5.41, 5.74) is 3.84. The molecule has 174 valence electrons. The number of aryl methyl sites for hydroxylation is 3. The number of hydrogen-bond donors (Lipinski definition) is 0. The number of ether oxygens (including phenoxy) is 1. The molecule has 0 radical (unpaired) electrons. The van der Waals surface area contributed by atoms with Crippen molar-refractivity contribution in [1.82, 2.24) is 9.21 Å². The lowest BCUT2D eigenvalue weighted by atomic mass is 10.0. The second-order valence-electron chi connectivity index (χ2n) is 8.61. The van der Waals surface area contributed by atoms with Gasteiger partial charge in [0.25, 0.3) is 5.91 Å². The maximum absolute atomic E-state index is 13.0. The summed E-state index contributed by atoms with van der Waals surface area (Å²) in [6.07, 6.45) is 0. The first-order valence-electron chi connectivity index (χ1n) is 10.8. The van der Waals surface area contributed by atoms with Crippen molar-refractivity contribution in [3.8, 4) is 5.75 Å². The van der Waals surface area contributed by atoms with Crippen LogP contribution in [0.25, 0.3) is 0 Å². The minimum Gasteiger partial charge on any atom is -0.483 e. The summed E-state index contributed by atoms with van der Waals surface area (Å²) < 4.78 is 33.3. The fourth-order valence-electron chi connectivity index (χ4n) is 3.68. The fourth-order valence-corrected chi connectivity index (χ4v) is 5.36. The second-order valence-corrected chi connectivity index (χ2v) is 11.0. The van der Waals surface area contributed by atoms with Crippen LogP contribution in [0.3, 0.4) is 0 Å². The van der Waals surface area contributed by atoms with Crippen LogP contribution < -0.4 is 4.74 Å². The first kappa shape index (κ1) is 24.6. The van der Waals surface area contributed by atoms with Crippen LogP contribution in [0.5, 0.6) is 5.75 Å². The highest BCUT2D eigenvalue weighted by molar-refractivity contribution is 7.89. The molecule has 1 saturated heterocycles. The van der Waals surface area contributed by atoms with Crippen molar-refractivity contribution in [3.05, 3.63) is 57.6 Å². The molecule has 8 heteroatoms. The van der Waals surface area contributed by atoms with Gasteiger partial charge in [-0.1, -0.05) is 31.5 Å². The molecular weight excluding hydrogens is 448 g/mol. The Balaban J connectivity index is 1.61. The molecule has 2 aromatic carbocycles. The number of carbonyl (C=O) groups is 1. The minimum absolute atomic E-state index is 0.0926. The zero-order chi connectivity index (χ0) is 23.6. The van der Waals surface area contributed by atoms with Crippen molar-refractivity contribution in [2.45, 2.75) is 45.4 Å². The van der Waals surface area contributed by atoms with Gasteiger partial charge in [0.15, 0.2) is 6.61 Å². The van der Waals surface area contributed by atoms with E-state index in [1.807, 2.05) is 52.8 Å². The van der Waals surface area contributed by atoms with Gasteiger partial charge >= 0.3 is 0 Å². The number of amides is 1. The summed E-state index contributed by atoms with van der Waals surface area (Å²) in [7, 11) is -3.58. The van der Waals surface area contributed by atoms with Crippen LogP contribution in [0.1, 0.15) is 42.0 Å². The molecule has 1 aliphatic rings. The number of halogens is 1. The van der Waals surface area contributed by atoms with Gasteiger partial charge in [-0.3, -0.25) is 4.79 Å². The number of rotatable bonds is 6. The Morgan fingerprint density at radius 3 is 2.25 bits per heavy atom. The third-order valence-corrected chi connectivity index (χ3v) is 8.27. The SMILES string of the molecule is Cc1ccc(S(=O)(=O)N2CCN(C(=O)COc3cc(C)c(Cl)cc3C(C)C)CC2)cc1C. The van der Waals surface area contributed by atoms with E-state index in [1.165, 1.54) is 4.31 Å². The number of nitrogens with zero attached hydrogens (tertiary/aromatic N) is 2. The standard InChI is InChI=1S/C24H31ClN2O4S/c1-16(2)21-14-22(25)19(5)13-23(21)31-15-24(28)26-8-10-27(11-9-26)32(29,30)20-7-6-17(3)18(4)12-20/h6-7,12-14,16H,8-11,15H2,1-5H3. The lowest BCUT2D eigenvalue weighted by molar-refractivity contribution is -0.134. The average molecular weight is 479 g/mol. The predicted octanol–water partition coefficient (Wildman–Crippen LogP) is 4.30. The van der Waals surface area contributed by atoms with E-state index in [4.69, 9.17) is 16.3 Å². The van der Waals surface area contributed by atoms with Gasteiger partial charge in [0.05, 0.1) is 4.90 Å². The molecule has 1 heterocycles. The fraction of sp³-hybridized carbons (Fsp3) is 0.458. The highest BCUT2D eigenvalue weighted by Gasteiger charge is 2.30. The predicted molar refractivity (Wildman–Crippen MR) is 127 cm³/mol. The van der Waals surface area contributed by atoms with E-state index < -0.39 is 10.0 Å². The third kappa shape index (κ3) is 5.27. The van der Waals surface area contributed by atoms with E-state index in [-0.39, 0.29) is 31.5 Å². The average Bonchev–Trinajstić information content (AvgIpc) is 2.75. The molecule has 0 atom stereocenters. The summed E-state index contributed by atoms with van der Waals surface area (Å²) in [6.45, 7) is 10.9. The maximum Gasteiger partial charge on any atom is 0.260 e. The van der Waals surface area contributed by atoms with E-state index >= 15 is 0 Å². The summed E-state index contributed by atoms with van der Waals surface area (Å²) >= 11 is 6.24. The summed E-state index contributed by atoms with van der Waals surface area (Å²) in [5.74, 6) is 0.708. The molecule has 1 amide bonds. The molecule has 1 aliphatic heterocycles. The molecule has 0 spiro atoms. The summed E-state index contributed by atoms with van der Waals surface area (Å²) in [4.78, 5) is 14.7. The van der Waals surface area contributed by atoms with Crippen LogP contribution in [-0.4, -0.2) is 56.3 Å². The van der Waals surface area contributed by atoms with Gasteiger partial charge in [0.2, 0.25) is 10.0 Å². The van der Waals surface area contributed by atoms with E-state index in [1.54, 1.807) is 17.0 Å². The molecule has 0 aromatic heterocycles. The molecule has 0 bridgehead atoms. The Morgan fingerprint density at radius 2 is 1.66 bits per heavy atom. The Labute approximate surface area is 196 Å². The van der Waals surface area contributed by atoms with Gasteiger partial charge < -0.3 is 9.64 Å². The Hall–Kier alpha value is -2.09. The van der Waals surface area contributed by atoms with Gasteiger partial charge in [-0.15, -0.1) is 0 Å². The van der Waals surface area contributed by atoms with Crippen LogP contribution in [0.2, 0.25) is 5.02 Å². The Bertz CT molecular complexity index is 1110. The van der Waals surface area contributed by atoms with Crippen LogP contribution in [-0.2, 0) is 14.8 Å². The second kappa shape index (κ2) is 9.81. The van der Waals surface area contributed by atoms with Crippen molar-refractivity contribution in [3.63, 3.8) is 0 Å². The van der Waals surface area contributed by atoms with Gasteiger partial charge in [-0.25, -0.2) is 8.42 Å². The van der Waals surface area contributed by atoms with Crippen LogP contribution in [0.4, 0.5) is 0 Å². The normalized spacial score (nSPS) is 15.3. The van der Waals surface area contributed by atoms with Crippen molar-refractivity contribution >= 4 is 27.5 Å². The number of sulfonamides is 1. The molecule has 32 heavy (non-hydrogen) atoms. The molecule has 0 unspecified atom stereocenters. The highest BCUT2D eigenvalue weighted by Crippen LogP contribution is 2.32. The molecular formula is C24H31ClN2O4S. The monoisotopic (exact) mass is 478 g/mol. The Kier molecular flexibility index (Phi) is 7.53. The first-order chi connectivity index (χ1) is 15.0. The first-order valence-corrected chi connectivity index (χ1v) is 12.6. The molecule has 2 aromatic rings. The number of piperazine rings is 1. The molecule has 0 N–H and O–H groups in total. The summed E-state index contributed by atoms with van der Waals surface area (Å²) in [6, 6.07) is 8.92. The lowest BCUT2D eigenvalue weighted by Gasteiger charge is -2.34. The van der Waals surface area contributed by atoms with Crippen LogP contribution in [0, 0.1) is 20.8 Å². The van der Waals surface area contributed by atoms with Crippen molar-refractivity contribution in [1.29, 1.82) is 0 Å². The zero-order valence-corrected chi connectivity index (χ0v) is 20.9. The van der Waals surface area contributed by atoms with E-state index in [0.717, 1.165) is 22.3 Å². The van der Waals surface area contributed by atoms with Gasteiger partial charge in [-0.2, -0.15) is 4.31 Å². The number of benzene rings is 2. The van der Waals surface area contributed by atoms with Crippen molar-refractivity contribution in [2.24, 2.45) is 0 Å². The van der Waals surface area contributed by atoms with Gasteiger partial charge in [-0.05, 0) is 73.2 Å². The van der Waals surface area contributed by atoms with E-state index in [9.17, 15) is 13.2 Å². The number of carbonyl (C=O) groups excluding carboxylic acids is 1. The van der Waals surface area contributed by atoms with Crippen molar-refractivity contribution < 1.29 is 17.9 Å². The smallest absolute Gasteiger partial charge is 0.260 e. The maximum atomic E-state index is 13.0. The quantitative estimate of drug-likeness (QED) is 0.620.